The first-order valence-corrected chi connectivity index (χ1v) is 6.27. The fraction of sp³-hybridized carbons (Fsp3) is 0.200. The summed E-state index contributed by atoms with van der Waals surface area (Å²) in [5, 5.41) is 12.4. The first-order chi connectivity index (χ1) is 9.99. The Kier molecular flexibility index (Phi) is 4.70. The average Bonchev–Trinajstić information content (AvgIpc) is 2.45. The third kappa shape index (κ3) is 4.39. The van der Waals surface area contributed by atoms with E-state index in [2.05, 4.69) is 10.1 Å². The SMILES string of the molecule is OCC(Nc1ccccc1)c1ccccc1OC(F)(F)F. The maximum absolute atomic E-state index is 12.4. The number of aliphatic hydroxyl groups excluding tert-OH is 1. The normalized spacial score (nSPS) is 12.8. The van der Waals surface area contributed by atoms with Crippen LogP contribution in [0.3, 0.4) is 0 Å². The molecule has 0 radical (unpaired) electrons. The molecule has 3 nitrogen and oxygen atoms in total. The molecule has 0 aliphatic rings. The predicted octanol–water partition coefficient (Wildman–Crippen LogP) is 3.73. The van der Waals surface area contributed by atoms with Gasteiger partial charge in [0.05, 0.1) is 12.6 Å². The van der Waals surface area contributed by atoms with E-state index in [0.29, 0.717) is 5.69 Å². The number of para-hydroxylation sites is 2. The molecule has 0 spiro atoms. The second kappa shape index (κ2) is 6.49. The number of aliphatic hydroxyl groups is 1. The van der Waals surface area contributed by atoms with Crippen molar-refractivity contribution in [2.24, 2.45) is 0 Å². The highest BCUT2D eigenvalue weighted by Crippen LogP contribution is 2.31. The summed E-state index contributed by atoms with van der Waals surface area (Å²) >= 11 is 0. The number of halogens is 3. The van der Waals surface area contributed by atoms with Gasteiger partial charge in [0.15, 0.2) is 0 Å². The van der Waals surface area contributed by atoms with E-state index in [1.807, 2.05) is 6.07 Å². The van der Waals surface area contributed by atoms with E-state index in [9.17, 15) is 18.3 Å². The van der Waals surface area contributed by atoms with Gasteiger partial charge in [0.25, 0.3) is 0 Å². The lowest BCUT2D eigenvalue weighted by atomic mass is 10.1. The molecule has 0 aliphatic carbocycles. The molecule has 2 rings (SSSR count). The van der Waals surface area contributed by atoms with Crippen molar-refractivity contribution < 1.29 is 23.0 Å². The van der Waals surface area contributed by atoms with E-state index in [0.717, 1.165) is 0 Å². The van der Waals surface area contributed by atoms with Crippen LogP contribution >= 0.6 is 0 Å². The van der Waals surface area contributed by atoms with E-state index < -0.39 is 12.4 Å². The number of hydrogen-bond acceptors (Lipinski definition) is 3. The van der Waals surface area contributed by atoms with Gasteiger partial charge in [0, 0.05) is 11.3 Å². The fourth-order valence-electron chi connectivity index (χ4n) is 1.94. The second-order valence-corrected chi connectivity index (χ2v) is 4.33. The van der Waals surface area contributed by atoms with Gasteiger partial charge in [-0.1, -0.05) is 36.4 Å². The summed E-state index contributed by atoms with van der Waals surface area (Å²) in [6.07, 6.45) is -4.77. The van der Waals surface area contributed by atoms with Crippen molar-refractivity contribution >= 4 is 5.69 Å². The van der Waals surface area contributed by atoms with Gasteiger partial charge >= 0.3 is 6.36 Å². The molecule has 1 unspecified atom stereocenters. The third-order valence-corrected chi connectivity index (χ3v) is 2.82. The van der Waals surface area contributed by atoms with Crippen molar-refractivity contribution in [2.75, 3.05) is 11.9 Å². The molecule has 2 N–H and O–H groups in total. The molecule has 0 fully saturated rings. The highest BCUT2D eigenvalue weighted by Gasteiger charge is 2.32. The van der Waals surface area contributed by atoms with Crippen LogP contribution in [0.1, 0.15) is 11.6 Å². The number of ether oxygens (including phenoxy) is 1. The minimum absolute atomic E-state index is 0.237. The minimum atomic E-state index is -4.77. The maximum atomic E-state index is 12.4. The number of alkyl halides is 3. The summed E-state index contributed by atoms with van der Waals surface area (Å²) in [4.78, 5) is 0. The maximum Gasteiger partial charge on any atom is 0.573 e. The largest absolute Gasteiger partial charge is 0.573 e. The molecule has 2 aromatic carbocycles. The lowest BCUT2D eigenvalue weighted by Gasteiger charge is -2.21. The number of benzene rings is 2. The van der Waals surface area contributed by atoms with Gasteiger partial charge in [0.1, 0.15) is 5.75 Å². The fourth-order valence-corrected chi connectivity index (χ4v) is 1.94. The molecule has 112 valence electrons. The number of rotatable bonds is 5. The molecule has 0 heterocycles. The van der Waals surface area contributed by atoms with E-state index >= 15 is 0 Å². The van der Waals surface area contributed by atoms with Crippen molar-refractivity contribution in [2.45, 2.75) is 12.4 Å². The van der Waals surface area contributed by atoms with Gasteiger partial charge in [-0.25, -0.2) is 0 Å². The van der Waals surface area contributed by atoms with Crippen LogP contribution in [0, 0.1) is 0 Å². The third-order valence-electron chi connectivity index (χ3n) is 2.82. The lowest BCUT2D eigenvalue weighted by molar-refractivity contribution is -0.275. The Hall–Kier alpha value is -2.21. The zero-order chi connectivity index (χ0) is 15.3. The van der Waals surface area contributed by atoms with Crippen LogP contribution in [0.4, 0.5) is 18.9 Å². The van der Waals surface area contributed by atoms with Crippen LogP contribution in [-0.4, -0.2) is 18.1 Å². The van der Waals surface area contributed by atoms with E-state index in [1.165, 1.54) is 18.2 Å². The van der Waals surface area contributed by atoms with E-state index in [-0.39, 0.29) is 17.9 Å². The standard InChI is InChI=1S/C15H14F3NO2/c16-15(17,18)21-14-9-5-4-8-12(14)13(10-20)19-11-6-2-1-3-7-11/h1-9,13,19-20H,10H2. The minimum Gasteiger partial charge on any atom is -0.405 e. The van der Waals surface area contributed by atoms with Crippen molar-refractivity contribution in [3.63, 3.8) is 0 Å². The quantitative estimate of drug-likeness (QED) is 0.883. The van der Waals surface area contributed by atoms with Crippen LogP contribution in [-0.2, 0) is 0 Å². The van der Waals surface area contributed by atoms with Crippen molar-refractivity contribution in [1.82, 2.24) is 0 Å². The second-order valence-electron chi connectivity index (χ2n) is 4.33. The van der Waals surface area contributed by atoms with Crippen molar-refractivity contribution in [3.8, 4) is 5.75 Å². The van der Waals surface area contributed by atoms with Crippen LogP contribution < -0.4 is 10.1 Å². The van der Waals surface area contributed by atoms with Crippen LogP contribution in [0.25, 0.3) is 0 Å². The van der Waals surface area contributed by atoms with Crippen LogP contribution in [0.2, 0.25) is 0 Å². The molecule has 1 atom stereocenters. The highest BCUT2D eigenvalue weighted by molar-refractivity contribution is 5.47. The van der Waals surface area contributed by atoms with Crippen LogP contribution in [0.5, 0.6) is 5.75 Å². The molecule has 0 amide bonds. The van der Waals surface area contributed by atoms with Gasteiger partial charge in [0.2, 0.25) is 0 Å². The Bertz CT molecular complexity index is 573. The predicted molar refractivity (Wildman–Crippen MR) is 73.0 cm³/mol. The molecule has 6 heteroatoms. The topological polar surface area (TPSA) is 41.5 Å². The Balaban J connectivity index is 2.26. The summed E-state index contributed by atoms with van der Waals surface area (Å²) in [5.41, 5.74) is 0.930. The molecule has 0 aliphatic heterocycles. The average molecular weight is 297 g/mol. The molecular weight excluding hydrogens is 283 g/mol. The Morgan fingerprint density at radius 1 is 1.00 bits per heavy atom. The smallest absolute Gasteiger partial charge is 0.405 e. The summed E-state index contributed by atoms with van der Waals surface area (Å²) < 4.78 is 41.2. The Labute approximate surface area is 120 Å². The summed E-state index contributed by atoms with van der Waals surface area (Å²) in [6.45, 7) is -0.368. The van der Waals surface area contributed by atoms with Crippen LogP contribution in [0.15, 0.2) is 54.6 Å². The summed E-state index contributed by atoms with van der Waals surface area (Å²) in [6, 6.07) is 14.0. The van der Waals surface area contributed by atoms with Gasteiger partial charge in [-0.2, -0.15) is 0 Å². The molecule has 2 aromatic rings. The zero-order valence-corrected chi connectivity index (χ0v) is 11.0. The van der Waals surface area contributed by atoms with E-state index in [4.69, 9.17) is 0 Å². The Morgan fingerprint density at radius 3 is 2.24 bits per heavy atom. The first-order valence-electron chi connectivity index (χ1n) is 6.27. The zero-order valence-electron chi connectivity index (χ0n) is 11.0. The molecule has 0 saturated carbocycles. The first kappa shape index (κ1) is 15.2. The van der Waals surface area contributed by atoms with E-state index in [1.54, 1.807) is 30.3 Å². The van der Waals surface area contributed by atoms with Gasteiger partial charge < -0.3 is 15.2 Å². The van der Waals surface area contributed by atoms with Crippen molar-refractivity contribution in [1.29, 1.82) is 0 Å². The van der Waals surface area contributed by atoms with Gasteiger partial charge in [-0.15, -0.1) is 13.2 Å². The van der Waals surface area contributed by atoms with Gasteiger partial charge in [-0.3, -0.25) is 0 Å². The lowest BCUT2D eigenvalue weighted by Crippen LogP contribution is -2.21. The molecule has 0 bridgehead atoms. The van der Waals surface area contributed by atoms with Crippen molar-refractivity contribution in [3.05, 3.63) is 60.2 Å². The molecule has 0 saturated heterocycles. The number of nitrogens with one attached hydrogen (secondary N) is 1. The summed E-state index contributed by atoms with van der Waals surface area (Å²) in [7, 11) is 0. The molecule has 0 aromatic heterocycles. The highest BCUT2D eigenvalue weighted by atomic mass is 19.4. The molecule has 21 heavy (non-hydrogen) atoms. The number of anilines is 1. The monoisotopic (exact) mass is 297 g/mol. The Morgan fingerprint density at radius 2 is 1.62 bits per heavy atom. The molecular formula is C15H14F3NO2. The summed E-state index contributed by atoms with van der Waals surface area (Å²) in [5.74, 6) is -0.326. The van der Waals surface area contributed by atoms with Gasteiger partial charge in [-0.05, 0) is 18.2 Å². The number of hydrogen-bond donors (Lipinski definition) is 2.